The molecule has 2 aromatic carbocycles. The molecule has 7 nitrogen and oxygen atoms in total. The molecule has 3 aromatic rings. The van der Waals surface area contributed by atoms with Crippen LogP contribution in [0.2, 0.25) is 0 Å². The second-order valence-corrected chi connectivity index (χ2v) is 10.1. The van der Waals surface area contributed by atoms with Crippen LogP contribution in [0, 0.1) is 6.92 Å². The van der Waals surface area contributed by atoms with Crippen molar-refractivity contribution in [2.24, 2.45) is 7.05 Å². The minimum absolute atomic E-state index is 0.130. The number of hydrogen-bond acceptors (Lipinski definition) is 6. The van der Waals surface area contributed by atoms with Crippen LogP contribution in [0.3, 0.4) is 0 Å². The van der Waals surface area contributed by atoms with Crippen LogP contribution in [0.25, 0.3) is 0 Å². The molecule has 1 unspecified atom stereocenters. The van der Waals surface area contributed by atoms with Gasteiger partial charge in [0.2, 0.25) is 5.91 Å². The lowest BCUT2D eigenvalue weighted by atomic mass is 10.2. The molecule has 158 valence electrons. The van der Waals surface area contributed by atoms with Gasteiger partial charge in [0, 0.05) is 12.7 Å². The minimum Gasteiger partial charge on any atom is -0.325 e. The van der Waals surface area contributed by atoms with Gasteiger partial charge in [0.15, 0.2) is 15.0 Å². The third-order valence-corrected chi connectivity index (χ3v) is 7.57. The highest BCUT2D eigenvalue weighted by atomic mass is 32.2. The number of thioether (sulfide) groups is 1. The fourth-order valence-electron chi connectivity index (χ4n) is 2.85. The van der Waals surface area contributed by atoms with E-state index in [0.717, 1.165) is 11.3 Å². The van der Waals surface area contributed by atoms with E-state index >= 15 is 0 Å². The molecule has 1 amide bonds. The Morgan fingerprint density at radius 2 is 1.87 bits per heavy atom. The Morgan fingerprint density at radius 3 is 2.53 bits per heavy atom. The van der Waals surface area contributed by atoms with E-state index in [0.29, 0.717) is 17.4 Å². The third-order valence-electron chi connectivity index (χ3n) is 4.54. The fourth-order valence-corrected chi connectivity index (χ4v) is 5.12. The Hall–Kier alpha value is -2.65. The molecule has 0 spiro atoms. The maximum Gasteiger partial charge on any atom is 0.237 e. The number of aromatic nitrogens is 3. The zero-order valence-corrected chi connectivity index (χ0v) is 18.7. The number of amides is 1. The molecular formula is C21H24N4O3S2. The lowest BCUT2D eigenvalue weighted by Crippen LogP contribution is -2.25. The second kappa shape index (κ2) is 9.44. The van der Waals surface area contributed by atoms with Crippen LogP contribution < -0.4 is 5.32 Å². The summed E-state index contributed by atoms with van der Waals surface area (Å²) in [6.07, 6.45) is 0.590. The predicted molar refractivity (Wildman–Crippen MR) is 118 cm³/mol. The molecule has 0 aliphatic heterocycles. The number of aryl methyl sites for hydroxylation is 1. The average Bonchev–Trinajstić information content (AvgIpc) is 3.05. The van der Waals surface area contributed by atoms with Crippen molar-refractivity contribution in [3.05, 3.63) is 66.0 Å². The molecule has 9 heteroatoms. The lowest BCUT2D eigenvalue weighted by molar-refractivity contribution is -0.115. The summed E-state index contributed by atoms with van der Waals surface area (Å²) in [5.41, 5.74) is 1.80. The van der Waals surface area contributed by atoms with Gasteiger partial charge < -0.3 is 9.88 Å². The molecule has 1 N–H and O–H groups in total. The normalized spacial score (nSPS) is 12.5. The number of nitrogens with one attached hydrogen (secondary N) is 1. The summed E-state index contributed by atoms with van der Waals surface area (Å²) in [6, 6.07) is 15.9. The monoisotopic (exact) mass is 444 g/mol. The van der Waals surface area contributed by atoms with Crippen molar-refractivity contribution >= 4 is 33.2 Å². The van der Waals surface area contributed by atoms with Crippen molar-refractivity contribution in [1.82, 2.24) is 14.8 Å². The zero-order chi connectivity index (χ0) is 21.7. The van der Waals surface area contributed by atoms with E-state index in [4.69, 9.17) is 0 Å². The highest BCUT2D eigenvalue weighted by molar-refractivity contribution is 8.00. The van der Waals surface area contributed by atoms with E-state index in [1.165, 1.54) is 11.8 Å². The van der Waals surface area contributed by atoms with E-state index in [9.17, 15) is 13.2 Å². The van der Waals surface area contributed by atoms with Gasteiger partial charge in [-0.25, -0.2) is 8.42 Å². The summed E-state index contributed by atoms with van der Waals surface area (Å²) >= 11 is 1.27. The Morgan fingerprint density at radius 1 is 1.13 bits per heavy atom. The minimum atomic E-state index is -3.53. The van der Waals surface area contributed by atoms with Crippen LogP contribution in [-0.2, 0) is 27.4 Å². The van der Waals surface area contributed by atoms with Gasteiger partial charge in [-0.05, 0) is 43.2 Å². The molecular weight excluding hydrogens is 420 g/mol. The molecule has 0 saturated heterocycles. The van der Waals surface area contributed by atoms with Gasteiger partial charge in [0.25, 0.3) is 0 Å². The highest BCUT2D eigenvalue weighted by Gasteiger charge is 2.24. The number of nitrogens with zero attached hydrogens (tertiary/aromatic N) is 3. The Balaban J connectivity index is 1.72. The summed E-state index contributed by atoms with van der Waals surface area (Å²) in [6.45, 7) is 3.89. The maximum absolute atomic E-state index is 12.7. The molecule has 3 rings (SSSR count). The quantitative estimate of drug-likeness (QED) is 0.534. The smallest absolute Gasteiger partial charge is 0.237 e. The van der Waals surface area contributed by atoms with Crippen molar-refractivity contribution in [3.63, 3.8) is 0 Å². The zero-order valence-electron chi connectivity index (χ0n) is 17.1. The van der Waals surface area contributed by atoms with E-state index in [1.54, 1.807) is 41.9 Å². The average molecular weight is 445 g/mol. The van der Waals surface area contributed by atoms with E-state index in [2.05, 4.69) is 15.5 Å². The summed E-state index contributed by atoms with van der Waals surface area (Å²) in [4.78, 5) is 12.9. The van der Waals surface area contributed by atoms with Gasteiger partial charge in [-0.1, -0.05) is 49.0 Å². The van der Waals surface area contributed by atoms with Crippen LogP contribution >= 0.6 is 11.8 Å². The Labute approximate surface area is 180 Å². The van der Waals surface area contributed by atoms with Gasteiger partial charge in [-0.15, -0.1) is 10.2 Å². The summed E-state index contributed by atoms with van der Waals surface area (Å²) in [7, 11) is -1.82. The van der Waals surface area contributed by atoms with Gasteiger partial charge >= 0.3 is 0 Å². The van der Waals surface area contributed by atoms with Crippen molar-refractivity contribution in [2.45, 2.75) is 41.3 Å². The molecule has 0 bridgehead atoms. The largest absolute Gasteiger partial charge is 0.325 e. The van der Waals surface area contributed by atoms with Crippen LogP contribution in [0.4, 0.5) is 5.69 Å². The SMILES string of the molecule is CCC(Sc1nnc(CS(=O)(=O)c2ccccc2)n1C)C(=O)Nc1cccc(C)c1. The van der Waals surface area contributed by atoms with E-state index in [1.807, 2.05) is 38.1 Å². The van der Waals surface area contributed by atoms with Crippen molar-refractivity contribution < 1.29 is 13.2 Å². The van der Waals surface area contributed by atoms with Gasteiger partial charge in [0.1, 0.15) is 11.6 Å². The number of anilines is 1. The lowest BCUT2D eigenvalue weighted by Gasteiger charge is -2.14. The fraction of sp³-hybridized carbons (Fsp3) is 0.286. The Kier molecular flexibility index (Phi) is 6.94. The third kappa shape index (κ3) is 5.28. The summed E-state index contributed by atoms with van der Waals surface area (Å²) < 4.78 is 26.9. The molecule has 1 aromatic heterocycles. The molecule has 0 radical (unpaired) electrons. The topological polar surface area (TPSA) is 93.9 Å². The Bertz CT molecular complexity index is 1130. The first-order valence-electron chi connectivity index (χ1n) is 9.50. The molecule has 0 saturated carbocycles. The standard InChI is InChI=1S/C21H24N4O3S2/c1-4-18(20(26)22-16-10-8-9-15(2)13-16)29-21-24-23-19(25(21)3)14-30(27,28)17-11-6-5-7-12-17/h5-13,18H,4,14H2,1-3H3,(H,22,26). The van der Waals surface area contributed by atoms with Crippen LogP contribution in [-0.4, -0.2) is 34.3 Å². The number of hydrogen-bond donors (Lipinski definition) is 1. The number of rotatable bonds is 8. The van der Waals surface area contributed by atoms with E-state index in [-0.39, 0.29) is 21.8 Å². The van der Waals surface area contributed by atoms with Crippen LogP contribution in [0.1, 0.15) is 24.7 Å². The first kappa shape index (κ1) is 22.0. The van der Waals surface area contributed by atoms with Gasteiger partial charge in [-0.3, -0.25) is 4.79 Å². The summed E-state index contributed by atoms with van der Waals surface area (Å²) in [5.74, 6) is -0.0577. The van der Waals surface area contributed by atoms with E-state index < -0.39 is 9.84 Å². The van der Waals surface area contributed by atoms with Crippen LogP contribution in [0.15, 0.2) is 64.6 Å². The molecule has 0 fully saturated rings. The highest BCUT2D eigenvalue weighted by Crippen LogP contribution is 2.26. The molecule has 1 heterocycles. The predicted octanol–water partition coefficient (Wildman–Crippen LogP) is 3.61. The molecule has 0 aliphatic rings. The van der Waals surface area contributed by atoms with Crippen LogP contribution in [0.5, 0.6) is 0 Å². The molecule has 0 aliphatic carbocycles. The molecule has 30 heavy (non-hydrogen) atoms. The van der Waals surface area contributed by atoms with Crippen molar-refractivity contribution in [2.75, 3.05) is 5.32 Å². The first-order chi connectivity index (χ1) is 14.3. The number of carbonyl (C=O) groups is 1. The van der Waals surface area contributed by atoms with Gasteiger partial charge in [0.05, 0.1) is 10.1 Å². The maximum atomic E-state index is 12.7. The van der Waals surface area contributed by atoms with Gasteiger partial charge in [-0.2, -0.15) is 0 Å². The number of carbonyl (C=O) groups excluding carboxylic acids is 1. The molecule has 1 atom stereocenters. The number of sulfone groups is 1. The van der Waals surface area contributed by atoms with Crippen molar-refractivity contribution in [1.29, 1.82) is 0 Å². The first-order valence-corrected chi connectivity index (χ1v) is 12.0. The van der Waals surface area contributed by atoms with Crippen molar-refractivity contribution in [3.8, 4) is 0 Å². The second-order valence-electron chi connectivity index (χ2n) is 6.90. The number of benzene rings is 2. The summed E-state index contributed by atoms with van der Waals surface area (Å²) in [5, 5.41) is 11.2.